The van der Waals surface area contributed by atoms with Crippen molar-refractivity contribution in [1.82, 2.24) is 10.2 Å². The first-order chi connectivity index (χ1) is 10.6. The van der Waals surface area contributed by atoms with E-state index in [0.29, 0.717) is 19.8 Å². The second-order valence-electron chi connectivity index (χ2n) is 5.44. The number of methoxy groups -OCH3 is 1. The Morgan fingerprint density at radius 2 is 2.23 bits per heavy atom. The third-order valence-electron chi connectivity index (χ3n) is 3.82. The second kappa shape index (κ2) is 8.10. The van der Waals surface area contributed by atoms with Crippen LogP contribution in [0.5, 0.6) is 0 Å². The number of hydrogen-bond acceptors (Lipinski definition) is 3. The van der Waals surface area contributed by atoms with Crippen LogP contribution in [0.15, 0.2) is 24.3 Å². The molecule has 1 fully saturated rings. The van der Waals surface area contributed by atoms with Crippen molar-refractivity contribution in [3.05, 3.63) is 35.6 Å². The van der Waals surface area contributed by atoms with Crippen molar-refractivity contribution in [2.45, 2.75) is 25.0 Å². The number of nitrogens with one attached hydrogen (secondary N) is 1. The van der Waals surface area contributed by atoms with Gasteiger partial charge in [-0.2, -0.15) is 0 Å². The van der Waals surface area contributed by atoms with Crippen molar-refractivity contribution in [3.8, 4) is 0 Å². The maximum absolute atomic E-state index is 13.1. The number of benzene rings is 1. The smallest absolute Gasteiger partial charge is 0.317 e. The van der Waals surface area contributed by atoms with Gasteiger partial charge in [-0.25, -0.2) is 9.18 Å². The van der Waals surface area contributed by atoms with Crippen LogP contribution in [0.25, 0.3) is 0 Å². The summed E-state index contributed by atoms with van der Waals surface area (Å²) in [5, 5.41) is 2.99. The molecule has 0 radical (unpaired) electrons. The van der Waals surface area contributed by atoms with Crippen molar-refractivity contribution in [3.63, 3.8) is 0 Å². The van der Waals surface area contributed by atoms with Crippen LogP contribution < -0.4 is 5.32 Å². The van der Waals surface area contributed by atoms with Crippen LogP contribution in [0.4, 0.5) is 9.18 Å². The first-order valence-corrected chi connectivity index (χ1v) is 7.49. The summed E-state index contributed by atoms with van der Waals surface area (Å²) in [6.07, 6.45) is 1.77. The Labute approximate surface area is 130 Å². The Bertz CT molecular complexity index is 475. The molecule has 0 bridgehead atoms. The molecule has 1 N–H and O–H groups in total. The van der Waals surface area contributed by atoms with E-state index in [1.165, 1.54) is 12.1 Å². The van der Waals surface area contributed by atoms with Gasteiger partial charge in [-0.05, 0) is 30.5 Å². The normalized spacial score (nSPS) is 19.0. The molecule has 122 valence electrons. The van der Waals surface area contributed by atoms with Gasteiger partial charge in [-0.15, -0.1) is 0 Å². The SMILES string of the molecule is COCCN(C)C(=O)NC(c1ccc(F)cc1)C1CCCO1. The molecule has 1 aliphatic rings. The van der Waals surface area contributed by atoms with E-state index in [2.05, 4.69) is 5.32 Å². The van der Waals surface area contributed by atoms with E-state index in [1.54, 1.807) is 31.2 Å². The van der Waals surface area contributed by atoms with Crippen LogP contribution in [0.2, 0.25) is 0 Å². The summed E-state index contributed by atoms with van der Waals surface area (Å²) in [7, 11) is 3.31. The van der Waals surface area contributed by atoms with Gasteiger partial charge in [0.1, 0.15) is 5.82 Å². The van der Waals surface area contributed by atoms with E-state index in [0.717, 1.165) is 18.4 Å². The Morgan fingerprint density at radius 1 is 1.50 bits per heavy atom. The summed E-state index contributed by atoms with van der Waals surface area (Å²) in [6, 6.07) is 5.71. The zero-order valence-electron chi connectivity index (χ0n) is 13.0. The molecule has 0 saturated carbocycles. The number of hydrogen-bond donors (Lipinski definition) is 1. The summed E-state index contributed by atoms with van der Waals surface area (Å²) < 4.78 is 23.8. The molecule has 0 aliphatic carbocycles. The van der Waals surface area contributed by atoms with Crippen LogP contribution in [-0.4, -0.2) is 51.0 Å². The average molecular weight is 310 g/mol. The molecular formula is C16H23FN2O3. The molecule has 6 heteroatoms. The molecule has 5 nitrogen and oxygen atoms in total. The highest BCUT2D eigenvalue weighted by Gasteiger charge is 2.29. The maximum Gasteiger partial charge on any atom is 0.317 e. The molecule has 22 heavy (non-hydrogen) atoms. The Kier molecular flexibility index (Phi) is 6.15. The second-order valence-corrected chi connectivity index (χ2v) is 5.44. The highest BCUT2D eigenvalue weighted by molar-refractivity contribution is 5.74. The number of halogens is 1. The average Bonchev–Trinajstić information content (AvgIpc) is 3.05. The minimum atomic E-state index is -0.293. The van der Waals surface area contributed by atoms with Crippen LogP contribution in [0.3, 0.4) is 0 Å². The first-order valence-electron chi connectivity index (χ1n) is 7.49. The fraction of sp³-hybridized carbons (Fsp3) is 0.562. The number of carbonyl (C=O) groups excluding carboxylic acids is 1. The quantitative estimate of drug-likeness (QED) is 0.877. The third kappa shape index (κ3) is 4.42. The molecule has 2 amide bonds. The fourth-order valence-corrected chi connectivity index (χ4v) is 2.50. The summed E-state index contributed by atoms with van der Waals surface area (Å²) in [5.74, 6) is -0.293. The van der Waals surface area contributed by atoms with Gasteiger partial charge in [0.2, 0.25) is 0 Å². The molecule has 0 spiro atoms. The molecule has 1 aromatic carbocycles. The van der Waals surface area contributed by atoms with E-state index < -0.39 is 0 Å². The lowest BCUT2D eigenvalue weighted by atomic mass is 9.99. The maximum atomic E-state index is 13.1. The van der Waals surface area contributed by atoms with Crippen molar-refractivity contribution in [1.29, 1.82) is 0 Å². The van der Waals surface area contributed by atoms with E-state index in [9.17, 15) is 9.18 Å². The van der Waals surface area contributed by atoms with Gasteiger partial charge in [0.15, 0.2) is 0 Å². The van der Waals surface area contributed by atoms with Crippen molar-refractivity contribution in [2.24, 2.45) is 0 Å². The lowest BCUT2D eigenvalue weighted by Gasteiger charge is -2.27. The Morgan fingerprint density at radius 3 is 2.82 bits per heavy atom. The van der Waals surface area contributed by atoms with Crippen LogP contribution >= 0.6 is 0 Å². The minimum Gasteiger partial charge on any atom is -0.383 e. The number of urea groups is 1. The summed E-state index contributed by atoms with van der Waals surface area (Å²) in [6.45, 7) is 1.67. The molecule has 2 atom stereocenters. The minimum absolute atomic E-state index is 0.0785. The van der Waals surface area contributed by atoms with E-state index in [-0.39, 0.29) is 24.0 Å². The lowest BCUT2D eigenvalue weighted by molar-refractivity contribution is 0.0777. The standard InChI is InChI=1S/C16H23FN2O3/c1-19(9-11-21-2)16(20)18-15(14-4-3-10-22-14)12-5-7-13(17)8-6-12/h5-8,14-15H,3-4,9-11H2,1-2H3,(H,18,20). The summed E-state index contributed by atoms with van der Waals surface area (Å²) in [4.78, 5) is 13.9. The largest absolute Gasteiger partial charge is 0.383 e. The van der Waals surface area contributed by atoms with Crippen molar-refractivity contribution in [2.75, 3.05) is 33.9 Å². The van der Waals surface area contributed by atoms with Gasteiger partial charge in [0.05, 0.1) is 18.8 Å². The molecule has 1 aliphatic heterocycles. The molecule has 2 rings (SSSR count). The number of rotatable bonds is 6. The predicted octanol–water partition coefficient (Wildman–Crippen LogP) is 2.33. The summed E-state index contributed by atoms with van der Waals surface area (Å²) >= 11 is 0. The van der Waals surface area contributed by atoms with E-state index >= 15 is 0 Å². The van der Waals surface area contributed by atoms with Crippen LogP contribution in [-0.2, 0) is 9.47 Å². The number of likely N-dealkylation sites (N-methyl/N-ethyl adjacent to an activating group) is 1. The van der Waals surface area contributed by atoms with Gasteiger partial charge >= 0.3 is 6.03 Å². The molecule has 0 aromatic heterocycles. The van der Waals surface area contributed by atoms with E-state index in [1.807, 2.05) is 0 Å². The van der Waals surface area contributed by atoms with Crippen LogP contribution in [0, 0.1) is 5.82 Å². The number of ether oxygens (including phenoxy) is 2. The fourth-order valence-electron chi connectivity index (χ4n) is 2.50. The van der Waals surface area contributed by atoms with Gasteiger partial charge in [-0.1, -0.05) is 12.1 Å². The van der Waals surface area contributed by atoms with E-state index in [4.69, 9.17) is 9.47 Å². The molecule has 2 unspecified atom stereocenters. The molecule has 1 saturated heterocycles. The predicted molar refractivity (Wildman–Crippen MR) is 81.2 cm³/mol. The Balaban J connectivity index is 2.07. The highest BCUT2D eigenvalue weighted by atomic mass is 19.1. The highest BCUT2D eigenvalue weighted by Crippen LogP contribution is 2.27. The number of amides is 2. The number of nitrogens with zero attached hydrogens (tertiary/aromatic N) is 1. The molecule has 1 heterocycles. The third-order valence-corrected chi connectivity index (χ3v) is 3.82. The van der Waals surface area contributed by atoms with Crippen LogP contribution in [0.1, 0.15) is 24.4 Å². The first kappa shape index (κ1) is 16.7. The lowest BCUT2D eigenvalue weighted by Crippen LogP contribution is -2.44. The number of carbonyl (C=O) groups is 1. The van der Waals surface area contributed by atoms with Gasteiger partial charge in [0.25, 0.3) is 0 Å². The van der Waals surface area contributed by atoms with Gasteiger partial charge in [0, 0.05) is 27.3 Å². The van der Waals surface area contributed by atoms with Crippen molar-refractivity contribution >= 4 is 6.03 Å². The molecular weight excluding hydrogens is 287 g/mol. The van der Waals surface area contributed by atoms with Gasteiger partial charge in [-0.3, -0.25) is 0 Å². The Hall–Kier alpha value is -1.66. The zero-order chi connectivity index (χ0) is 15.9. The monoisotopic (exact) mass is 310 g/mol. The molecule has 1 aromatic rings. The summed E-state index contributed by atoms with van der Waals surface area (Å²) in [5.41, 5.74) is 0.849. The topological polar surface area (TPSA) is 50.8 Å². The zero-order valence-corrected chi connectivity index (χ0v) is 13.0. The van der Waals surface area contributed by atoms with Crippen molar-refractivity contribution < 1.29 is 18.7 Å². The van der Waals surface area contributed by atoms with Gasteiger partial charge < -0.3 is 19.7 Å².